The quantitative estimate of drug-likeness (QED) is 0.344. The van der Waals surface area contributed by atoms with Crippen molar-refractivity contribution >= 4 is 34.1 Å². The maximum atomic E-state index is 14.2. The summed E-state index contributed by atoms with van der Waals surface area (Å²) in [6.45, 7) is 2.06. The van der Waals surface area contributed by atoms with E-state index in [2.05, 4.69) is 23.6 Å². The molecule has 168 valence electrons. The summed E-state index contributed by atoms with van der Waals surface area (Å²) in [7, 11) is 4.11. The fraction of sp³-hybridized carbons (Fsp3) is 0.222. The van der Waals surface area contributed by atoms with Gasteiger partial charge in [-0.15, -0.1) is 0 Å². The summed E-state index contributed by atoms with van der Waals surface area (Å²) in [5, 5.41) is 1.53. The van der Waals surface area contributed by atoms with Gasteiger partial charge in [-0.2, -0.15) is 0 Å². The fourth-order valence-electron chi connectivity index (χ4n) is 4.42. The highest BCUT2D eigenvalue weighted by molar-refractivity contribution is 6.31. The smallest absolute Gasteiger partial charge is 0.279 e. The third-order valence-corrected chi connectivity index (χ3v) is 6.20. The van der Waals surface area contributed by atoms with E-state index >= 15 is 0 Å². The van der Waals surface area contributed by atoms with Crippen molar-refractivity contribution in [2.45, 2.75) is 19.5 Å². The molecule has 6 heteroatoms. The van der Waals surface area contributed by atoms with Crippen LogP contribution in [0.3, 0.4) is 0 Å². The number of hydrogen-bond acceptors (Lipinski definition) is 3. The van der Waals surface area contributed by atoms with Gasteiger partial charge in [0.1, 0.15) is 0 Å². The molecule has 0 spiro atoms. The molecule has 0 atom stereocenters. The number of halogens is 1. The molecule has 33 heavy (non-hydrogen) atoms. The zero-order valence-electron chi connectivity index (χ0n) is 18.8. The lowest BCUT2D eigenvalue weighted by molar-refractivity contribution is 0.0976. The highest BCUT2D eigenvalue weighted by atomic mass is 35.5. The summed E-state index contributed by atoms with van der Waals surface area (Å²) < 4.78 is 8.54. The first kappa shape index (κ1) is 21.6. The molecule has 0 bridgehead atoms. The van der Waals surface area contributed by atoms with Crippen molar-refractivity contribution in [3.8, 4) is 11.5 Å². The number of carbonyl (C=O) groups is 1. The average molecular weight is 460 g/mol. The summed E-state index contributed by atoms with van der Waals surface area (Å²) in [6, 6.07) is 23.5. The Balaban J connectivity index is 1.68. The van der Waals surface area contributed by atoms with E-state index in [1.54, 1.807) is 0 Å². The van der Waals surface area contributed by atoms with E-state index in [1.165, 1.54) is 0 Å². The lowest BCUT2D eigenvalue weighted by atomic mass is 10.1. The first-order chi connectivity index (χ1) is 16.0. The van der Waals surface area contributed by atoms with E-state index < -0.39 is 0 Å². The molecular weight excluding hydrogens is 434 g/mol. The fourth-order valence-corrected chi connectivity index (χ4v) is 4.59. The van der Waals surface area contributed by atoms with Crippen molar-refractivity contribution in [3.05, 3.63) is 89.1 Å². The molecule has 1 amide bonds. The summed E-state index contributed by atoms with van der Waals surface area (Å²) in [5.74, 6) is 1.19. The molecule has 0 fully saturated rings. The number of carbonyl (C=O) groups excluding carboxylic acids is 1. The number of anilines is 1. The van der Waals surface area contributed by atoms with Crippen LogP contribution in [0, 0.1) is 0 Å². The molecule has 5 rings (SSSR count). The molecule has 0 radical (unpaired) electrons. The van der Waals surface area contributed by atoms with E-state index in [4.69, 9.17) is 16.3 Å². The number of rotatable bonds is 6. The van der Waals surface area contributed by atoms with E-state index in [1.807, 2.05) is 77.7 Å². The normalized spacial score (nSPS) is 13.1. The number of hydrogen-bond donors (Lipinski definition) is 0. The number of para-hydroxylation sites is 2. The second-order valence-electron chi connectivity index (χ2n) is 8.59. The van der Waals surface area contributed by atoms with Gasteiger partial charge in [0.2, 0.25) is 0 Å². The maximum Gasteiger partial charge on any atom is 0.279 e. The summed E-state index contributed by atoms with van der Waals surface area (Å²) in [6.07, 6.45) is 0.897. The SMILES string of the molecule is CN(C)CCCn1c2c(c3ccc(Cl)cc31)Oc1ccccc1N(Cc1ccccc1)C2=O. The minimum Gasteiger partial charge on any atom is -0.452 e. The topological polar surface area (TPSA) is 37.7 Å². The number of amides is 1. The van der Waals surface area contributed by atoms with Gasteiger partial charge in [0.05, 0.1) is 17.7 Å². The van der Waals surface area contributed by atoms with Crippen LogP contribution in [-0.2, 0) is 13.1 Å². The Labute approximate surface area is 198 Å². The van der Waals surface area contributed by atoms with Crippen LogP contribution >= 0.6 is 11.6 Å². The standard InChI is InChI=1S/C27H26ClN3O2/c1-29(2)15-8-16-30-23-17-20(28)13-14-21(23)26-25(30)27(32)31(18-19-9-4-3-5-10-19)22-11-6-7-12-24(22)33-26/h3-7,9-14,17H,8,15-16,18H2,1-2H3. The second-order valence-corrected chi connectivity index (χ2v) is 9.03. The monoisotopic (exact) mass is 459 g/mol. The number of fused-ring (bicyclic) bond motifs is 4. The summed E-state index contributed by atoms with van der Waals surface area (Å²) >= 11 is 6.37. The molecule has 0 aliphatic carbocycles. The lowest BCUT2D eigenvalue weighted by Crippen LogP contribution is -2.31. The minimum atomic E-state index is -0.0732. The van der Waals surface area contributed by atoms with Crippen molar-refractivity contribution in [1.29, 1.82) is 0 Å². The molecule has 0 saturated heterocycles. The molecule has 1 aliphatic rings. The van der Waals surface area contributed by atoms with E-state index in [-0.39, 0.29) is 5.91 Å². The first-order valence-electron chi connectivity index (χ1n) is 11.1. The number of nitrogens with zero attached hydrogens (tertiary/aromatic N) is 3. The molecule has 3 aromatic carbocycles. The highest BCUT2D eigenvalue weighted by Crippen LogP contribution is 2.45. The molecule has 2 heterocycles. The predicted molar refractivity (Wildman–Crippen MR) is 134 cm³/mol. The number of aromatic nitrogens is 1. The molecule has 0 N–H and O–H groups in total. The third kappa shape index (κ3) is 4.10. The van der Waals surface area contributed by atoms with Crippen LogP contribution in [0.1, 0.15) is 22.5 Å². The highest BCUT2D eigenvalue weighted by Gasteiger charge is 2.33. The predicted octanol–water partition coefficient (Wildman–Crippen LogP) is 6.20. The molecular formula is C27H26ClN3O2. The largest absolute Gasteiger partial charge is 0.452 e. The number of aryl methyl sites for hydroxylation is 1. The Hall–Kier alpha value is -3.28. The van der Waals surface area contributed by atoms with Crippen LogP contribution in [-0.4, -0.2) is 36.0 Å². The summed E-state index contributed by atoms with van der Waals surface area (Å²) in [4.78, 5) is 18.1. The molecule has 4 aromatic rings. The van der Waals surface area contributed by atoms with Gasteiger partial charge in [0.15, 0.2) is 17.2 Å². The zero-order valence-corrected chi connectivity index (χ0v) is 19.5. The van der Waals surface area contributed by atoms with Crippen molar-refractivity contribution in [2.24, 2.45) is 0 Å². The van der Waals surface area contributed by atoms with Gasteiger partial charge in [-0.3, -0.25) is 9.69 Å². The lowest BCUT2D eigenvalue weighted by Gasteiger charge is -2.23. The van der Waals surface area contributed by atoms with Crippen LogP contribution in [0.15, 0.2) is 72.8 Å². The Morgan fingerprint density at radius 2 is 1.73 bits per heavy atom. The molecule has 0 saturated carbocycles. The van der Waals surface area contributed by atoms with Gasteiger partial charge < -0.3 is 14.2 Å². The van der Waals surface area contributed by atoms with E-state index in [9.17, 15) is 4.79 Å². The van der Waals surface area contributed by atoms with Gasteiger partial charge in [0.25, 0.3) is 5.91 Å². The first-order valence-corrected chi connectivity index (χ1v) is 11.5. The summed E-state index contributed by atoms with van der Waals surface area (Å²) in [5.41, 5.74) is 3.31. The van der Waals surface area contributed by atoms with Crippen LogP contribution < -0.4 is 9.64 Å². The van der Waals surface area contributed by atoms with Crippen molar-refractivity contribution in [2.75, 3.05) is 25.5 Å². The van der Waals surface area contributed by atoms with E-state index in [0.29, 0.717) is 35.3 Å². The Morgan fingerprint density at radius 1 is 0.970 bits per heavy atom. The van der Waals surface area contributed by atoms with E-state index in [0.717, 1.165) is 35.1 Å². The molecule has 0 unspecified atom stereocenters. The van der Waals surface area contributed by atoms with Crippen LogP contribution in [0.25, 0.3) is 10.9 Å². The van der Waals surface area contributed by atoms with Crippen molar-refractivity contribution in [1.82, 2.24) is 9.47 Å². The third-order valence-electron chi connectivity index (χ3n) is 5.97. The van der Waals surface area contributed by atoms with Gasteiger partial charge in [0, 0.05) is 17.0 Å². The number of benzene rings is 3. The van der Waals surface area contributed by atoms with Crippen LogP contribution in [0.2, 0.25) is 5.02 Å². The Morgan fingerprint density at radius 3 is 2.52 bits per heavy atom. The molecule has 1 aliphatic heterocycles. The van der Waals surface area contributed by atoms with Crippen LogP contribution in [0.4, 0.5) is 5.69 Å². The van der Waals surface area contributed by atoms with Crippen molar-refractivity contribution < 1.29 is 9.53 Å². The zero-order chi connectivity index (χ0) is 22.9. The average Bonchev–Trinajstić information content (AvgIpc) is 3.04. The van der Waals surface area contributed by atoms with Gasteiger partial charge in [-0.25, -0.2) is 0 Å². The van der Waals surface area contributed by atoms with Gasteiger partial charge >= 0.3 is 0 Å². The van der Waals surface area contributed by atoms with Gasteiger partial charge in [-0.05, 0) is 63.0 Å². The Kier molecular flexibility index (Phi) is 5.83. The molecule has 1 aromatic heterocycles. The second kappa shape index (κ2) is 8.93. The number of ether oxygens (including phenoxy) is 1. The minimum absolute atomic E-state index is 0.0732. The van der Waals surface area contributed by atoms with Crippen molar-refractivity contribution in [3.63, 3.8) is 0 Å². The Bertz CT molecular complexity index is 1310. The van der Waals surface area contributed by atoms with Crippen LogP contribution in [0.5, 0.6) is 11.5 Å². The molecule has 5 nitrogen and oxygen atoms in total. The van der Waals surface area contributed by atoms with Gasteiger partial charge in [-0.1, -0.05) is 54.1 Å². The maximum absolute atomic E-state index is 14.2.